The van der Waals surface area contributed by atoms with E-state index in [0.717, 1.165) is 41.4 Å². The zero-order valence-electron chi connectivity index (χ0n) is 15.8. The van der Waals surface area contributed by atoms with Gasteiger partial charge in [0.1, 0.15) is 4.32 Å². The second kappa shape index (κ2) is 8.45. The van der Waals surface area contributed by atoms with Crippen LogP contribution < -0.4 is 4.90 Å². The Morgan fingerprint density at radius 3 is 2.52 bits per heavy atom. The molecule has 2 aliphatic rings. The highest BCUT2D eigenvalue weighted by atomic mass is 79.9. The van der Waals surface area contributed by atoms with E-state index in [1.54, 1.807) is 4.90 Å². The van der Waals surface area contributed by atoms with E-state index in [4.69, 9.17) is 12.2 Å². The molecule has 2 amide bonds. The van der Waals surface area contributed by atoms with Gasteiger partial charge in [0.25, 0.3) is 11.8 Å². The van der Waals surface area contributed by atoms with Crippen LogP contribution in [0.2, 0.25) is 0 Å². The molecule has 0 spiro atoms. The Morgan fingerprint density at radius 2 is 1.89 bits per heavy atom. The molecule has 0 aromatic heterocycles. The summed E-state index contributed by atoms with van der Waals surface area (Å²) >= 11 is 10.1. The van der Waals surface area contributed by atoms with Crippen molar-refractivity contribution < 1.29 is 9.59 Å². The number of rotatable bonds is 6. The molecule has 0 atom stereocenters. The third kappa shape index (κ3) is 3.87. The Morgan fingerprint density at radius 1 is 1.15 bits per heavy atom. The van der Waals surface area contributed by atoms with E-state index >= 15 is 0 Å². The van der Waals surface area contributed by atoms with Crippen molar-refractivity contribution in [3.63, 3.8) is 0 Å². The van der Waals surface area contributed by atoms with Crippen molar-refractivity contribution in [3.8, 4) is 0 Å². The van der Waals surface area contributed by atoms with E-state index in [1.807, 2.05) is 36.9 Å². The van der Waals surface area contributed by atoms with Gasteiger partial charge in [0.05, 0.1) is 16.2 Å². The Balaban J connectivity index is 2.02. The molecule has 2 aliphatic heterocycles. The van der Waals surface area contributed by atoms with Gasteiger partial charge in [0.15, 0.2) is 0 Å². The van der Waals surface area contributed by atoms with Gasteiger partial charge in [-0.05, 0) is 38.5 Å². The first-order valence-electron chi connectivity index (χ1n) is 9.28. The van der Waals surface area contributed by atoms with Gasteiger partial charge < -0.3 is 4.90 Å². The highest BCUT2D eigenvalue weighted by Crippen LogP contribution is 2.45. The number of nitrogens with zero attached hydrogens (tertiary/aromatic N) is 2. The van der Waals surface area contributed by atoms with E-state index in [2.05, 4.69) is 22.9 Å². The smallest absolute Gasteiger partial charge is 0.267 e. The number of anilines is 1. The maximum absolute atomic E-state index is 13.3. The molecule has 0 unspecified atom stereocenters. The normalized spacial score (nSPS) is 19.7. The summed E-state index contributed by atoms with van der Waals surface area (Å²) in [6.07, 6.45) is 4.36. The Labute approximate surface area is 178 Å². The van der Waals surface area contributed by atoms with Gasteiger partial charge in [-0.1, -0.05) is 66.1 Å². The number of unbranched alkanes of at least 4 members (excludes halogenated alkanes) is 3. The van der Waals surface area contributed by atoms with Gasteiger partial charge in [0, 0.05) is 22.6 Å². The number of benzene rings is 1. The minimum absolute atomic E-state index is 0.0285. The fourth-order valence-electron chi connectivity index (χ4n) is 3.42. The molecule has 0 bridgehead atoms. The molecule has 3 rings (SSSR count). The molecule has 1 aromatic carbocycles. The van der Waals surface area contributed by atoms with Crippen molar-refractivity contribution in [1.29, 1.82) is 0 Å². The standard InChI is InChI=1S/C20H23BrN2O2S2/c1-4-5-6-7-10-22-15-9-8-13(21)11-14(15)16(18(22)24)17-19(25)23(12(2)3)20(26)27-17/h8-9,11-12H,4-7,10H2,1-3H3/b17-16-. The highest BCUT2D eigenvalue weighted by Gasteiger charge is 2.42. The van der Waals surface area contributed by atoms with E-state index in [-0.39, 0.29) is 17.9 Å². The molecule has 1 aromatic rings. The number of amides is 2. The Bertz CT molecular complexity index is 835. The Hall–Kier alpha value is -1.18. The monoisotopic (exact) mass is 466 g/mol. The van der Waals surface area contributed by atoms with E-state index in [0.29, 0.717) is 21.3 Å². The lowest BCUT2D eigenvalue weighted by atomic mass is 10.1. The second-order valence-corrected chi connectivity index (χ2v) is 9.58. The average molecular weight is 467 g/mol. The summed E-state index contributed by atoms with van der Waals surface area (Å²) < 4.78 is 1.40. The lowest BCUT2D eigenvalue weighted by Crippen LogP contribution is -2.35. The SMILES string of the molecule is CCCCCCN1C(=O)/C(=C2\SC(=S)N(C(C)C)C2=O)c2cc(Br)ccc21. The van der Waals surface area contributed by atoms with Gasteiger partial charge in [0.2, 0.25) is 0 Å². The predicted octanol–water partition coefficient (Wildman–Crippen LogP) is 5.36. The number of thioether (sulfide) groups is 1. The van der Waals surface area contributed by atoms with Gasteiger partial charge in [-0.3, -0.25) is 14.5 Å². The van der Waals surface area contributed by atoms with E-state index in [1.165, 1.54) is 11.8 Å². The minimum atomic E-state index is -0.165. The maximum atomic E-state index is 13.3. The molecule has 0 saturated carbocycles. The number of fused-ring (bicyclic) bond motifs is 1. The van der Waals surface area contributed by atoms with Crippen LogP contribution in [0.15, 0.2) is 27.6 Å². The minimum Gasteiger partial charge on any atom is -0.308 e. The third-order valence-electron chi connectivity index (χ3n) is 4.76. The molecular formula is C20H23BrN2O2S2. The first-order chi connectivity index (χ1) is 12.9. The highest BCUT2D eigenvalue weighted by molar-refractivity contribution is 9.10. The summed E-state index contributed by atoms with van der Waals surface area (Å²) in [4.78, 5) is 30.1. The Kier molecular flexibility index (Phi) is 6.43. The number of carbonyl (C=O) groups is 2. The second-order valence-electron chi connectivity index (χ2n) is 7.02. The van der Waals surface area contributed by atoms with Crippen LogP contribution in [0, 0.1) is 0 Å². The van der Waals surface area contributed by atoms with Crippen LogP contribution in [0.4, 0.5) is 5.69 Å². The van der Waals surface area contributed by atoms with Crippen LogP contribution in [-0.4, -0.2) is 33.6 Å². The zero-order valence-corrected chi connectivity index (χ0v) is 19.0. The number of hydrogen-bond acceptors (Lipinski definition) is 4. The van der Waals surface area contributed by atoms with Crippen LogP contribution in [0.5, 0.6) is 0 Å². The number of hydrogen-bond donors (Lipinski definition) is 0. The molecule has 144 valence electrons. The van der Waals surface area contributed by atoms with Crippen LogP contribution in [0.25, 0.3) is 5.57 Å². The topological polar surface area (TPSA) is 40.6 Å². The molecule has 1 saturated heterocycles. The van der Waals surface area contributed by atoms with Gasteiger partial charge in [-0.25, -0.2) is 0 Å². The molecule has 0 N–H and O–H groups in total. The van der Waals surface area contributed by atoms with Crippen LogP contribution in [0.1, 0.15) is 52.0 Å². The summed E-state index contributed by atoms with van der Waals surface area (Å²) in [5.74, 6) is -0.258. The first kappa shape index (κ1) is 20.6. The zero-order chi connectivity index (χ0) is 19.7. The number of carbonyl (C=O) groups excluding carboxylic acids is 2. The third-order valence-corrected chi connectivity index (χ3v) is 6.65. The predicted molar refractivity (Wildman–Crippen MR) is 120 cm³/mol. The lowest BCUT2D eigenvalue weighted by Gasteiger charge is -2.18. The molecule has 0 aliphatic carbocycles. The fraction of sp³-hybridized carbons (Fsp3) is 0.450. The molecule has 1 fully saturated rings. The van der Waals surface area contributed by atoms with Crippen molar-refractivity contribution >= 4 is 67.3 Å². The van der Waals surface area contributed by atoms with E-state index in [9.17, 15) is 9.59 Å². The van der Waals surface area contributed by atoms with Gasteiger partial charge >= 0.3 is 0 Å². The average Bonchev–Trinajstić information content (AvgIpc) is 3.04. The van der Waals surface area contributed by atoms with Gasteiger partial charge in [-0.2, -0.15) is 0 Å². The van der Waals surface area contributed by atoms with Gasteiger partial charge in [-0.15, -0.1) is 0 Å². The van der Waals surface area contributed by atoms with Crippen molar-refractivity contribution in [2.24, 2.45) is 0 Å². The lowest BCUT2D eigenvalue weighted by molar-refractivity contribution is -0.123. The summed E-state index contributed by atoms with van der Waals surface area (Å²) in [6.45, 7) is 6.70. The number of halogens is 1. The van der Waals surface area contributed by atoms with Crippen molar-refractivity contribution in [3.05, 3.63) is 33.1 Å². The molecule has 7 heteroatoms. The summed E-state index contributed by atoms with van der Waals surface area (Å²) in [6, 6.07) is 5.79. The maximum Gasteiger partial charge on any atom is 0.267 e. The quantitative estimate of drug-likeness (QED) is 0.321. The molecule has 4 nitrogen and oxygen atoms in total. The van der Waals surface area contributed by atoms with E-state index < -0.39 is 0 Å². The van der Waals surface area contributed by atoms with Crippen LogP contribution in [-0.2, 0) is 9.59 Å². The largest absolute Gasteiger partial charge is 0.308 e. The van der Waals surface area contributed by atoms with Crippen molar-refractivity contribution in [2.45, 2.75) is 52.5 Å². The molecular weight excluding hydrogens is 444 g/mol. The molecule has 27 heavy (non-hydrogen) atoms. The molecule has 2 heterocycles. The number of thiocarbonyl (C=S) groups is 1. The summed E-state index contributed by atoms with van der Waals surface area (Å²) in [5, 5.41) is 0. The van der Waals surface area contributed by atoms with Crippen molar-refractivity contribution in [2.75, 3.05) is 11.4 Å². The van der Waals surface area contributed by atoms with Crippen LogP contribution >= 0.6 is 39.9 Å². The fourth-order valence-corrected chi connectivity index (χ4v) is 5.37. The van der Waals surface area contributed by atoms with Crippen molar-refractivity contribution in [1.82, 2.24) is 4.90 Å². The van der Waals surface area contributed by atoms with Crippen LogP contribution in [0.3, 0.4) is 0 Å². The summed E-state index contributed by atoms with van der Waals surface area (Å²) in [5.41, 5.74) is 2.18. The first-order valence-corrected chi connectivity index (χ1v) is 11.3. The molecule has 0 radical (unpaired) electrons. The summed E-state index contributed by atoms with van der Waals surface area (Å²) in [7, 11) is 0.